The number of nitrogens with one attached hydrogen (secondary N) is 2. The van der Waals surface area contributed by atoms with Crippen molar-refractivity contribution in [1.82, 2.24) is 19.8 Å². The monoisotopic (exact) mass is 490 g/mol. The molecule has 8 nitrogen and oxygen atoms in total. The first kappa shape index (κ1) is 25.0. The number of nitrogens with zero attached hydrogens (tertiary/aromatic N) is 2. The van der Waals surface area contributed by atoms with Crippen LogP contribution in [-0.4, -0.2) is 68.3 Å². The fraction of sp³-hybridized carbons (Fsp3) is 0.680. The minimum Gasteiger partial charge on any atom is -0.348 e. The van der Waals surface area contributed by atoms with Crippen molar-refractivity contribution in [2.75, 3.05) is 32.7 Å². The Balaban J connectivity index is 1.51. The number of piperazine rings is 1. The van der Waals surface area contributed by atoms with Gasteiger partial charge in [0.1, 0.15) is 0 Å². The topological polar surface area (TPSA) is 98.8 Å². The Labute approximate surface area is 203 Å². The minimum atomic E-state index is -3.79. The first-order valence-corrected chi connectivity index (χ1v) is 13.8. The van der Waals surface area contributed by atoms with E-state index in [-0.39, 0.29) is 46.8 Å². The molecule has 1 aliphatic heterocycles. The fourth-order valence-electron chi connectivity index (χ4n) is 6.43. The number of sulfonamides is 1. The highest BCUT2D eigenvalue weighted by Crippen LogP contribution is 2.62. The number of rotatable bonds is 5. The second kappa shape index (κ2) is 8.82. The summed E-state index contributed by atoms with van der Waals surface area (Å²) in [6.45, 7) is 12.0. The van der Waals surface area contributed by atoms with Crippen molar-refractivity contribution < 1.29 is 18.0 Å². The van der Waals surface area contributed by atoms with E-state index in [9.17, 15) is 18.0 Å². The maximum absolute atomic E-state index is 13.5. The third-order valence-corrected chi connectivity index (χ3v) is 10.5. The van der Waals surface area contributed by atoms with Gasteiger partial charge < -0.3 is 15.5 Å². The average Bonchev–Trinajstić information content (AvgIpc) is 3.28. The van der Waals surface area contributed by atoms with Crippen LogP contribution in [0.4, 0.5) is 4.79 Å². The quantitative estimate of drug-likeness (QED) is 0.663. The zero-order valence-electron chi connectivity index (χ0n) is 21.0. The van der Waals surface area contributed by atoms with E-state index >= 15 is 0 Å². The molecule has 9 heteroatoms. The van der Waals surface area contributed by atoms with Gasteiger partial charge in [0.25, 0.3) is 5.91 Å². The van der Waals surface area contributed by atoms with E-state index < -0.39 is 10.0 Å². The first-order chi connectivity index (χ1) is 15.9. The van der Waals surface area contributed by atoms with Crippen LogP contribution in [0.15, 0.2) is 23.1 Å². The molecular formula is C25H38N4O4S. The highest BCUT2D eigenvalue weighted by atomic mass is 32.2. The van der Waals surface area contributed by atoms with Crippen LogP contribution in [-0.2, 0) is 10.0 Å². The molecule has 3 amide bonds. The van der Waals surface area contributed by atoms with Crippen LogP contribution in [0.1, 0.15) is 62.9 Å². The molecule has 1 aromatic rings. The lowest BCUT2D eigenvalue weighted by atomic mass is 9.68. The summed E-state index contributed by atoms with van der Waals surface area (Å²) in [6.07, 6.45) is 3.44. The van der Waals surface area contributed by atoms with Crippen molar-refractivity contribution in [3.8, 4) is 0 Å². The maximum Gasteiger partial charge on any atom is 0.317 e. The smallest absolute Gasteiger partial charge is 0.317 e. The number of amides is 3. The number of hydrogen-bond donors (Lipinski definition) is 2. The molecule has 0 aromatic heterocycles. The van der Waals surface area contributed by atoms with Crippen molar-refractivity contribution in [2.24, 2.45) is 16.7 Å². The molecule has 3 atom stereocenters. The molecular weight excluding hydrogens is 452 g/mol. The van der Waals surface area contributed by atoms with Gasteiger partial charge in [-0.05, 0) is 67.6 Å². The number of urea groups is 1. The lowest BCUT2D eigenvalue weighted by molar-refractivity contribution is 0.0737. The van der Waals surface area contributed by atoms with E-state index in [1.807, 2.05) is 6.92 Å². The molecule has 2 N–H and O–H groups in total. The van der Waals surface area contributed by atoms with E-state index in [1.165, 1.54) is 16.8 Å². The average molecular weight is 491 g/mol. The molecule has 2 saturated carbocycles. The summed E-state index contributed by atoms with van der Waals surface area (Å²) >= 11 is 0. The third-order valence-electron chi connectivity index (χ3n) is 8.47. The number of hydrogen-bond acceptors (Lipinski definition) is 4. The van der Waals surface area contributed by atoms with E-state index in [4.69, 9.17) is 0 Å². The Hall–Kier alpha value is -2.13. The van der Waals surface area contributed by atoms with Crippen molar-refractivity contribution in [3.05, 3.63) is 29.3 Å². The fourth-order valence-corrected chi connectivity index (χ4v) is 8.10. The second-order valence-electron chi connectivity index (χ2n) is 11.0. The van der Waals surface area contributed by atoms with Gasteiger partial charge in [0.15, 0.2) is 0 Å². The van der Waals surface area contributed by atoms with Crippen molar-refractivity contribution in [3.63, 3.8) is 0 Å². The largest absolute Gasteiger partial charge is 0.348 e. The number of aryl methyl sites for hydroxylation is 1. The number of carbonyl (C=O) groups is 2. The van der Waals surface area contributed by atoms with Gasteiger partial charge in [0.05, 0.1) is 4.90 Å². The van der Waals surface area contributed by atoms with Crippen LogP contribution in [0.5, 0.6) is 0 Å². The zero-order chi connectivity index (χ0) is 24.9. The highest BCUT2D eigenvalue weighted by Gasteiger charge is 2.59. The summed E-state index contributed by atoms with van der Waals surface area (Å²) in [6, 6.07) is 4.82. The lowest BCUT2D eigenvalue weighted by Crippen LogP contribution is -2.53. The minimum absolute atomic E-state index is 0.0198. The second-order valence-corrected chi connectivity index (χ2v) is 12.9. The SMILES string of the molecule is CCNC(=O)N1CCN(S(=O)(=O)c2cc(C(=O)NC3C4(C)CC[C@H](C4)C3(C)C)ccc2C)CC1. The molecule has 1 saturated heterocycles. The predicted octanol–water partition coefficient (Wildman–Crippen LogP) is 2.98. The molecule has 1 aromatic carbocycles. The Bertz CT molecular complexity index is 1070. The van der Waals surface area contributed by atoms with Crippen molar-refractivity contribution in [2.45, 2.75) is 64.8 Å². The van der Waals surface area contributed by atoms with Crippen LogP contribution in [0.3, 0.4) is 0 Å². The molecule has 2 bridgehead atoms. The standard InChI is InChI=1S/C25H38N4O4S/c1-6-26-23(31)28-11-13-29(14-12-28)34(32,33)20-15-18(8-7-17(20)2)21(30)27-22-24(3,4)19-9-10-25(22,5)16-19/h7-8,15,19,22H,6,9-14,16H2,1-5H3,(H,26,31)(H,27,30)/t19-,22?,25?/m1/s1. The summed E-state index contributed by atoms with van der Waals surface area (Å²) < 4.78 is 28.3. The lowest BCUT2D eigenvalue weighted by Gasteiger charge is -2.43. The normalized spacial score (nSPS) is 28.7. The predicted molar refractivity (Wildman–Crippen MR) is 131 cm³/mol. The van der Waals surface area contributed by atoms with Crippen LogP contribution in [0.25, 0.3) is 0 Å². The van der Waals surface area contributed by atoms with Gasteiger partial charge >= 0.3 is 6.03 Å². The molecule has 3 aliphatic rings. The molecule has 188 valence electrons. The van der Waals surface area contributed by atoms with Gasteiger partial charge in [-0.1, -0.05) is 26.8 Å². The molecule has 4 rings (SSSR count). The number of benzene rings is 1. The van der Waals surface area contributed by atoms with E-state index in [1.54, 1.807) is 24.0 Å². The molecule has 0 radical (unpaired) electrons. The van der Waals surface area contributed by atoms with Crippen molar-refractivity contribution in [1.29, 1.82) is 0 Å². The van der Waals surface area contributed by atoms with Crippen LogP contribution >= 0.6 is 0 Å². The van der Waals surface area contributed by atoms with Crippen LogP contribution in [0, 0.1) is 23.7 Å². The molecule has 2 aliphatic carbocycles. The summed E-state index contributed by atoms with van der Waals surface area (Å²) in [4.78, 5) is 27.1. The van der Waals surface area contributed by atoms with Crippen molar-refractivity contribution >= 4 is 22.0 Å². The van der Waals surface area contributed by atoms with Gasteiger partial charge in [-0.25, -0.2) is 13.2 Å². The van der Waals surface area contributed by atoms with E-state index in [0.29, 0.717) is 36.7 Å². The van der Waals surface area contributed by atoms with Gasteiger partial charge in [0, 0.05) is 44.3 Å². The molecule has 0 spiro atoms. The Morgan fingerprint density at radius 2 is 1.79 bits per heavy atom. The van der Waals surface area contributed by atoms with Crippen LogP contribution in [0.2, 0.25) is 0 Å². The van der Waals surface area contributed by atoms with E-state index in [0.717, 1.165) is 12.8 Å². The number of carbonyl (C=O) groups excluding carboxylic acids is 2. The Morgan fingerprint density at radius 1 is 1.12 bits per heavy atom. The van der Waals surface area contributed by atoms with Gasteiger partial charge in [-0.3, -0.25) is 4.79 Å². The number of fused-ring (bicyclic) bond motifs is 2. The van der Waals surface area contributed by atoms with Gasteiger partial charge in [-0.15, -0.1) is 0 Å². The van der Waals surface area contributed by atoms with E-state index in [2.05, 4.69) is 31.4 Å². The van der Waals surface area contributed by atoms with Gasteiger partial charge in [0.2, 0.25) is 10.0 Å². The van der Waals surface area contributed by atoms with Gasteiger partial charge in [-0.2, -0.15) is 4.31 Å². The summed E-state index contributed by atoms with van der Waals surface area (Å²) in [5, 5.41) is 6.02. The van der Waals surface area contributed by atoms with Crippen LogP contribution < -0.4 is 10.6 Å². The highest BCUT2D eigenvalue weighted by molar-refractivity contribution is 7.89. The molecule has 1 heterocycles. The molecule has 3 fully saturated rings. The first-order valence-electron chi connectivity index (χ1n) is 12.3. The zero-order valence-corrected chi connectivity index (χ0v) is 21.8. The summed E-state index contributed by atoms with van der Waals surface area (Å²) in [7, 11) is -3.79. The Kier molecular flexibility index (Phi) is 6.48. The molecule has 34 heavy (non-hydrogen) atoms. The Morgan fingerprint density at radius 3 is 2.38 bits per heavy atom. The maximum atomic E-state index is 13.5. The molecule has 2 unspecified atom stereocenters. The summed E-state index contributed by atoms with van der Waals surface area (Å²) in [5.41, 5.74) is 1.08. The third kappa shape index (κ3) is 4.21. The summed E-state index contributed by atoms with van der Waals surface area (Å²) in [5.74, 6) is 0.388.